The van der Waals surface area contributed by atoms with Gasteiger partial charge < -0.3 is 5.32 Å². The summed E-state index contributed by atoms with van der Waals surface area (Å²) in [4.78, 5) is 0. The van der Waals surface area contributed by atoms with Crippen LogP contribution in [0, 0.1) is 6.92 Å². The molecule has 0 aromatic heterocycles. The molecule has 0 radical (unpaired) electrons. The van der Waals surface area contributed by atoms with Gasteiger partial charge in [0, 0.05) is 11.1 Å². The Balaban J connectivity index is 2.00. The molecule has 1 aliphatic rings. The monoisotopic (exact) mass is 223 g/mol. The number of hydrogen-bond donors (Lipinski definition) is 1. The average molecular weight is 224 g/mol. The maximum absolute atomic E-state index is 6.01. The van der Waals surface area contributed by atoms with Crippen molar-refractivity contribution in [3.63, 3.8) is 0 Å². The van der Waals surface area contributed by atoms with E-state index >= 15 is 0 Å². The summed E-state index contributed by atoms with van der Waals surface area (Å²) >= 11 is 6.01. The Bertz CT molecular complexity index is 329. The highest BCUT2D eigenvalue weighted by Crippen LogP contribution is 2.19. The first-order chi connectivity index (χ1) is 7.25. The first kappa shape index (κ1) is 11.0. The Morgan fingerprint density at radius 2 is 2.27 bits per heavy atom. The van der Waals surface area contributed by atoms with Crippen molar-refractivity contribution < 1.29 is 0 Å². The summed E-state index contributed by atoms with van der Waals surface area (Å²) in [6.45, 7) is 3.25. The smallest absolute Gasteiger partial charge is 0.0435 e. The van der Waals surface area contributed by atoms with E-state index in [-0.39, 0.29) is 0 Å². The molecule has 0 amide bonds. The van der Waals surface area contributed by atoms with Crippen molar-refractivity contribution in [2.24, 2.45) is 0 Å². The minimum absolute atomic E-state index is 0.666. The zero-order valence-corrected chi connectivity index (χ0v) is 9.98. The third kappa shape index (κ3) is 2.96. The molecular formula is C13H18ClN. The predicted molar refractivity (Wildman–Crippen MR) is 65.5 cm³/mol. The second-order valence-electron chi connectivity index (χ2n) is 4.43. The SMILES string of the molecule is Cc1cc(CC2CCCCN2)ccc1Cl. The van der Waals surface area contributed by atoms with E-state index in [9.17, 15) is 0 Å². The van der Waals surface area contributed by atoms with Gasteiger partial charge in [0.1, 0.15) is 0 Å². The molecule has 1 unspecified atom stereocenters. The van der Waals surface area contributed by atoms with Crippen molar-refractivity contribution in [2.45, 2.75) is 38.6 Å². The van der Waals surface area contributed by atoms with Gasteiger partial charge in [-0.1, -0.05) is 30.2 Å². The van der Waals surface area contributed by atoms with Crippen LogP contribution in [0.15, 0.2) is 18.2 Å². The maximum atomic E-state index is 6.01. The van der Waals surface area contributed by atoms with Gasteiger partial charge in [-0.2, -0.15) is 0 Å². The molecule has 0 spiro atoms. The highest BCUT2D eigenvalue weighted by atomic mass is 35.5. The number of nitrogens with one attached hydrogen (secondary N) is 1. The summed E-state index contributed by atoms with van der Waals surface area (Å²) in [5.41, 5.74) is 2.58. The van der Waals surface area contributed by atoms with Crippen LogP contribution in [0.1, 0.15) is 30.4 Å². The van der Waals surface area contributed by atoms with Crippen molar-refractivity contribution in [2.75, 3.05) is 6.54 Å². The first-order valence-electron chi connectivity index (χ1n) is 5.74. The van der Waals surface area contributed by atoms with E-state index in [1.54, 1.807) is 0 Å². The van der Waals surface area contributed by atoms with Gasteiger partial charge in [0.15, 0.2) is 0 Å². The number of hydrogen-bond acceptors (Lipinski definition) is 1. The lowest BCUT2D eigenvalue weighted by atomic mass is 9.97. The molecule has 0 saturated carbocycles. The molecule has 1 saturated heterocycles. The zero-order chi connectivity index (χ0) is 10.7. The fourth-order valence-electron chi connectivity index (χ4n) is 2.22. The van der Waals surface area contributed by atoms with Crippen LogP contribution in [-0.2, 0) is 6.42 Å². The molecule has 1 N–H and O–H groups in total. The van der Waals surface area contributed by atoms with Crippen LogP contribution in [0.3, 0.4) is 0 Å². The van der Waals surface area contributed by atoms with E-state index in [0.717, 1.165) is 11.4 Å². The fourth-order valence-corrected chi connectivity index (χ4v) is 2.33. The van der Waals surface area contributed by atoms with Crippen molar-refractivity contribution >= 4 is 11.6 Å². The number of aryl methyl sites for hydroxylation is 1. The maximum Gasteiger partial charge on any atom is 0.0435 e. The zero-order valence-electron chi connectivity index (χ0n) is 9.22. The van der Waals surface area contributed by atoms with E-state index in [4.69, 9.17) is 11.6 Å². The Kier molecular flexibility index (Phi) is 3.66. The van der Waals surface area contributed by atoms with E-state index < -0.39 is 0 Å². The van der Waals surface area contributed by atoms with Crippen molar-refractivity contribution in [3.8, 4) is 0 Å². The molecule has 0 bridgehead atoms. The highest BCUT2D eigenvalue weighted by Gasteiger charge is 2.12. The van der Waals surface area contributed by atoms with Crippen molar-refractivity contribution in [1.29, 1.82) is 0 Å². The summed E-state index contributed by atoms with van der Waals surface area (Å²) in [6.07, 6.45) is 5.14. The molecule has 82 valence electrons. The molecule has 15 heavy (non-hydrogen) atoms. The summed E-state index contributed by atoms with van der Waals surface area (Å²) in [6, 6.07) is 7.03. The number of piperidine rings is 1. The Labute approximate surface area is 96.8 Å². The van der Waals surface area contributed by atoms with Gasteiger partial charge in [-0.3, -0.25) is 0 Å². The van der Waals surface area contributed by atoms with Gasteiger partial charge in [-0.25, -0.2) is 0 Å². The van der Waals surface area contributed by atoms with Crippen LogP contribution >= 0.6 is 11.6 Å². The van der Waals surface area contributed by atoms with Crippen LogP contribution in [0.4, 0.5) is 0 Å². The van der Waals surface area contributed by atoms with Gasteiger partial charge in [0.25, 0.3) is 0 Å². The largest absolute Gasteiger partial charge is 0.314 e. The lowest BCUT2D eigenvalue weighted by Crippen LogP contribution is -2.35. The number of rotatable bonds is 2. The topological polar surface area (TPSA) is 12.0 Å². The second kappa shape index (κ2) is 5.00. The standard InChI is InChI=1S/C13H18ClN/c1-10-8-11(5-6-13(10)14)9-12-4-2-3-7-15-12/h5-6,8,12,15H,2-4,7,9H2,1H3. The van der Waals surface area contributed by atoms with Crippen LogP contribution in [-0.4, -0.2) is 12.6 Å². The van der Waals surface area contributed by atoms with Gasteiger partial charge >= 0.3 is 0 Å². The molecule has 1 heterocycles. The molecular weight excluding hydrogens is 206 g/mol. The summed E-state index contributed by atoms with van der Waals surface area (Å²) in [5.74, 6) is 0. The van der Waals surface area contributed by atoms with Gasteiger partial charge in [0.05, 0.1) is 0 Å². The third-order valence-corrected chi connectivity index (χ3v) is 3.54. The van der Waals surface area contributed by atoms with Crippen LogP contribution in [0.25, 0.3) is 0 Å². The molecule has 1 aliphatic heterocycles. The summed E-state index contributed by atoms with van der Waals surface area (Å²) < 4.78 is 0. The minimum atomic E-state index is 0.666. The summed E-state index contributed by atoms with van der Waals surface area (Å²) in [5, 5.41) is 4.44. The lowest BCUT2D eigenvalue weighted by molar-refractivity contribution is 0.399. The lowest BCUT2D eigenvalue weighted by Gasteiger charge is -2.23. The fraction of sp³-hybridized carbons (Fsp3) is 0.538. The van der Waals surface area contributed by atoms with Gasteiger partial charge in [0.2, 0.25) is 0 Å². The Morgan fingerprint density at radius 1 is 1.40 bits per heavy atom. The van der Waals surface area contributed by atoms with Crippen LogP contribution in [0.5, 0.6) is 0 Å². The van der Waals surface area contributed by atoms with E-state index in [1.165, 1.54) is 36.9 Å². The molecule has 1 atom stereocenters. The molecule has 2 rings (SSSR count). The quantitative estimate of drug-likeness (QED) is 0.811. The van der Waals surface area contributed by atoms with Gasteiger partial charge in [-0.15, -0.1) is 0 Å². The van der Waals surface area contributed by atoms with E-state index in [0.29, 0.717) is 6.04 Å². The number of halogens is 1. The third-order valence-electron chi connectivity index (χ3n) is 3.12. The molecule has 1 aromatic carbocycles. The molecule has 1 aromatic rings. The Morgan fingerprint density at radius 3 is 2.93 bits per heavy atom. The normalized spacial score (nSPS) is 21.6. The molecule has 2 heteroatoms. The Hall–Kier alpha value is -0.530. The van der Waals surface area contributed by atoms with Crippen molar-refractivity contribution in [3.05, 3.63) is 34.3 Å². The van der Waals surface area contributed by atoms with E-state index in [2.05, 4.69) is 24.4 Å². The minimum Gasteiger partial charge on any atom is -0.314 e. The molecule has 1 nitrogen and oxygen atoms in total. The molecule has 0 aliphatic carbocycles. The second-order valence-corrected chi connectivity index (χ2v) is 4.84. The van der Waals surface area contributed by atoms with E-state index in [1.807, 2.05) is 6.07 Å². The van der Waals surface area contributed by atoms with Crippen molar-refractivity contribution in [1.82, 2.24) is 5.32 Å². The predicted octanol–water partition coefficient (Wildman–Crippen LogP) is 3.33. The summed E-state index contributed by atoms with van der Waals surface area (Å²) in [7, 11) is 0. The first-order valence-corrected chi connectivity index (χ1v) is 6.12. The van der Waals surface area contributed by atoms with Crippen LogP contribution in [0.2, 0.25) is 5.02 Å². The average Bonchev–Trinajstić information content (AvgIpc) is 2.25. The molecule has 1 fully saturated rings. The van der Waals surface area contributed by atoms with Crippen LogP contribution < -0.4 is 5.32 Å². The highest BCUT2D eigenvalue weighted by molar-refractivity contribution is 6.31. The van der Waals surface area contributed by atoms with Gasteiger partial charge in [-0.05, 0) is 49.9 Å². The number of benzene rings is 1.